The van der Waals surface area contributed by atoms with Gasteiger partial charge in [0.1, 0.15) is 11.4 Å². The maximum absolute atomic E-state index is 12.6. The molecule has 1 unspecified atom stereocenters. The van der Waals surface area contributed by atoms with Gasteiger partial charge in [-0.3, -0.25) is 9.89 Å². The highest BCUT2D eigenvalue weighted by Crippen LogP contribution is 2.30. The van der Waals surface area contributed by atoms with Crippen LogP contribution in [0.2, 0.25) is 0 Å². The smallest absolute Gasteiger partial charge is 0.275 e. The molecule has 1 amide bonds. The fraction of sp³-hybridized carbons (Fsp3) is 0.250. The van der Waals surface area contributed by atoms with Gasteiger partial charge in [0.25, 0.3) is 5.89 Å². The number of likely N-dealkylation sites (tertiary alicyclic amines) is 1. The van der Waals surface area contributed by atoms with Gasteiger partial charge < -0.3 is 14.2 Å². The molecule has 0 bridgehead atoms. The van der Waals surface area contributed by atoms with Gasteiger partial charge in [-0.1, -0.05) is 47.6 Å². The van der Waals surface area contributed by atoms with Crippen molar-refractivity contribution in [3.05, 3.63) is 72.1 Å². The lowest BCUT2D eigenvalue weighted by Crippen LogP contribution is -2.24. The van der Waals surface area contributed by atoms with E-state index in [1.165, 1.54) is 0 Å². The van der Waals surface area contributed by atoms with Gasteiger partial charge in [-0.25, -0.2) is 0 Å². The Labute approximate surface area is 185 Å². The predicted octanol–water partition coefficient (Wildman–Crippen LogP) is 4.04. The fourth-order valence-corrected chi connectivity index (χ4v) is 3.87. The molecule has 3 heterocycles. The number of nitrogens with one attached hydrogen (secondary N) is 1. The number of hydrogen-bond acceptors (Lipinski definition) is 6. The number of aromatic amines is 1. The zero-order valence-corrected chi connectivity index (χ0v) is 17.7. The Hall–Kier alpha value is -3.94. The molecule has 4 aromatic rings. The van der Waals surface area contributed by atoms with Gasteiger partial charge >= 0.3 is 0 Å². The molecule has 1 N–H and O–H groups in total. The highest BCUT2D eigenvalue weighted by molar-refractivity contribution is 5.79. The Kier molecular flexibility index (Phi) is 5.41. The van der Waals surface area contributed by atoms with Crippen LogP contribution in [0, 0.1) is 0 Å². The summed E-state index contributed by atoms with van der Waals surface area (Å²) < 4.78 is 10.9. The van der Waals surface area contributed by atoms with Gasteiger partial charge in [0.05, 0.1) is 12.3 Å². The summed E-state index contributed by atoms with van der Waals surface area (Å²) in [5.74, 6) is 1.73. The van der Waals surface area contributed by atoms with Crippen molar-refractivity contribution in [2.75, 3.05) is 13.2 Å². The molecule has 8 heteroatoms. The van der Waals surface area contributed by atoms with Gasteiger partial charge in [0.15, 0.2) is 5.82 Å². The first-order chi connectivity index (χ1) is 15.7. The molecular weight excluding hydrogens is 406 g/mol. The third-order valence-corrected chi connectivity index (χ3v) is 5.51. The van der Waals surface area contributed by atoms with E-state index in [1.807, 2.05) is 72.5 Å². The van der Waals surface area contributed by atoms with Crippen molar-refractivity contribution in [3.63, 3.8) is 0 Å². The van der Waals surface area contributed by atoms with E-state index in [1.54, 1.807) is 0 Å². The summed E-state index contributed by atoms with van der Waals surface area (Å²) in [5, 5.41) is 11.4. The summed E-state index contributed by atoms with van der Waals surface area (Å²) >= 11 is 0. The van der Waals surface area contributed by atoms with E-state index in [0.717, 1.165) is 22.6 Å². The van der Waals surface area contributed by atoms with Crippen LogP contribution in [0.25, 0.3) is 22.8 Å². The van der Waals surface area contributed by atoms with E-state index in [9.17, 15) is 4.79 Å². The monoisotopic (exact) mass is 429 g/mol. The number of rotatable bonds is 7. The minimum atomic E-state index is -0.0980. The molecule has 0 saturated carbocycles. The molecule has 0 spiro atoms. The summed E-state index contributed by atoms with van der Waals surface area (Å²) in [6, 6.07) is 19.6. The second kappa shape index (κ2) is 8.66. The van der Waals surface area contributed by atoms with E-state index in [4.69, 9.17) is 9.26 Å². The van der Waals surface area contributed by atoms with E-state index in [0.29, 0.717) is 43.5 Å². The highest BCUT2D eigenvalue weighted by Gasteiger charge is 2.34. The number of benzene rings is 2. The Balaban J connectivity index is 1.26. The minimum Gasteiger partial charge on any atom is -0.494 e. The molecule has 162 valence electrons. The topological polar surface area (TPSA) is 97.1 Å². The molecule has 1 fully saturated rings. The molecular formula is C24H23N5O3. The van der Waals surface area contributed by atoms with Crippen molar-refractivity contribution in [2.45, 2.75) is 25.8 Å². The van der Waals surface area contributed by atoms with Crippen LogP contribution in [0.15, 0.2) is 65.2 Å². The number of amides is 1. The molecule has 2 aromatic carbocycles. The average Bonchev–Trinajstić information content (AvgIpc) is 3.56. The van der Waals surface area contributed by atoms with E-state index in [-0.39, 0.29) is 11.8 Å². The first kappa shape index (κ1) is 20.0. The number of ether oxygens (including phenoxy) is 1. The summed E-state index contributed by atoms with van der Waals surface area (Å²) in [7, 11) is 0. The maximum atomic E-state index is 12.6. The van der Waals surface area contributed by atoms with Gasteiger partial charge in [-0.05, 0) is 30.7 Å². The van der Waals surface area contributed by atoms with Crippen molar-refractivity contribution in [1.29, 1.82) is 0 Å². The number of nitrogens with zero attached hydrogens (tertiary/aromatic N) is 4. The highest BCUT2D eigenvalue weighted by atomic mass is 16.5. The molecule has 8 nitrogen and oxygen atoms in total. The van der Waals surface area contributed by atoms with Gasteiger partial charge in [0.2, 0.25) is 5.91 Å². The lowest BCUT2D eigenvalue weighted by Gasteiger charge is -2.16. The average molecular weight is 429 g/mol. The standard InChI is InChI=1S/C24H23N5O3/c1-2-31-19-10-8-16(9-11-19)14-29-15-18(12-22(29)30)23-25-24(32-28-23)21-13-20(26-27-21)17-6-4-3-5-7-17/h3-11,13,18H,2,12,14-15H2,1H3,(H,26,27). The zero-order chi connectivity index (χ0) is 21.9. The maximum Gasteiger partial charge on any atom is 0.275 e. The molecule has 32 heavy (non-hydrogen) atoms. The zero-order valence-electron chi connectivity index (χ0n) is 17.7. The molecule has 1 saturated heterocycles. The third-order valence-electron chi connectivity index (χ3n) is 5.51. The number of carbonyl (C=O) groups is 1. The van der Waals surface area contributed by atoms with Crippen molar-refractivity contribution >= 4 is 5.91 Å². The summed E-state index contributed by atoms with van der Waals surface area (Å²) in [5.41, 5.74) is 3.51. The Morgan fingerprint density at radius 1 is 1.16 bits per heavy atom. The molecule has 0 radical (unpaired) electrons. The summed E-state index contributed by atoms with van der Waals surface area (Å²) in [4.78, 5) is 18.9. The van der Waals surface area contributed by atoms with E-state index in [2.05, 4.69) is 20.3 Å². The van der Waals surface area contributed by atoms with Gasteiger partial charge in [-0.15, -0.1) is 0 Å². The number of carbonyl (C=O) groups excluding carboxylic acids is 1. The molecule has 5 rings (SSSR count). The van der Waals surface area contributed by atoms with Crippen LogP contribution in [0.5, 0.6) is 5.75 Å². The van der Waals surface area contributed by atoms with Crippen LogP contribution in [0.4, 0.5) is 0 Å². The molecule has 1 aliphatic heterocycles. The Morgan fingerprint density at radius 2 is 1.97 bits per heavy atom. The summed E-state index contributed by atoms with van der Waals surface area (Å²) in [6.07, 6.45) is 0.369. The van der Waals surface area contributed by atoms with Crippen molar-refractivity contribution in [2.24, 2.45) is 0 Å². The van der Waals surface area contributed by atoms with E-state index >= 15 is 0 Å². The van der Waals surface area contributed by atoms with Crippen molar-refractivity contribution < 1.29 is 14.1 Å². The molecule has 0 aliphatic carbocycles. The second-order valence-electron chi connectivity index (χ2n) is 7.74. The van der Waals surface area contributed by atoms with Gasteiger partial charge in [-0.2, -0.15) is 10.1 Å². The lowest BCUT2D eigenvalue weighted by molar-refractivity contribution is -0.128. The first-order valence-electron chi connectivity index (χ1n) is 10.6. The van der Waals surface area contributed by atoms with Crippen LogP contribution in [-0.2, 0) is 11.3 Å². The van der Waals surface area contributed by atoms with Crippen LogP contribution in [0.3, 0.4) is 0 Å². The fourth-order valence-electron chi connectivity index (χ4n) is 3.87. The first-order valence-corrected chi connectivity index (χ1v) is 10.6. The van der Waals surface area contributed by atoms with Crippen LogP contribution < -0.4 is 4.74 Å². The minimum absolute atomic E-state index is 0.0862. The van der Waals surface area contributed by atoms with Gasteiger partial charge in [0, 0.05) is 31.0 Å². The van der Waals surface area contributed by atoms with Crippen LogP contribution in [0.1, 0.15) is 30.7 Å². The largest absolute Gasteiger partial charge is 0.494 e. The molecule has 1 atom stereocenters. The summed E-state index contributed by atoms with van der Waals surface area (Å²) in [6.45, 7) is 3.69. The SMILES string of the molecule is CCOc1ccc(CN2CC(c3noc(-c4cc(-c5ccccc5)n[nH]4)n3)CC2=O)cc1. The molecule has 2 aromatic heterocycles. The van der Waals surface area contributed by atoms with E-state index < -0.39 is 0 Å². The molecule has 1 aliphatic rings. The lowest BCUT2D eigenvalue weighted by atomic mass is 10.1. The van der Waals surface area contributed by atoms with Crippen molar-refractivity contribution in [1.82, 2.24) is 25.2 Å². The van der Waals surface area contributed by atoms with Crippen LogP contribution >= 0.6 is 0 Å². The Morgan fingerprint density at radius 3 is 2.75 bits per heavy atom. The quantitative estimate of drug-likeness (QED) is 0.476. The number of aromatic nitrogens is 4. The van der Waals surface area contributed by atoms with Crippen molar-refractivity contribution in [3.8, 4) is 28.6 Å². The number of hydrogen-bond donors (Lipinski definition) is 1. The Bertz CT molecular complexity index is 1200. The third kappa shape index (κ3) is 4.12. The number of H-pyrrole nitrogens is 1. The second-order valence-corrected chi connectivity index (χ2v) is 7.74. The van der Waals surface area contributed by atoms with Crippen LogP contribution in [-0.4, -0.2) is 44.3 Å². The predicted molar refractivity (Wildman–Crippen MR) is 118 cm³/mol. The normalized spacial score (nSPS) is 16.0.